The van der Waals surface area contributed by atoms with E-state index in [9.17, 15) is 14.0 Å². The highest BCUT2D eigenvalue weighted by atomic mass is 32.1. The van der Waals surface area contributed by atoms with Crippen LogP contribution in [-0.2, 0) is 4.79 Å². The number of carbonyl (C=O) groups excluding carboxylic acids is 2. The van der Waals surface area contributed by atoms with Crippen molar-refractivity contribution in [3.05, 3.63) is 35.0 Å². The SMILES string of the molecule is O=C1CCC(NC(=O)c2cc3cc(F)ccc3s2)CN1. The normalized spacial score (nSPS) is 18.9. The van der Waals surface area contributed by atoms with Crippen LogP contribution in [0.15, 0.2) is 24.3 Å². The Hall–Kier alpha value is -1.95. The minimum absolute atomic E-state index is 0.0211. The van der Waals surface area contributed by atoms with Gasteiger partial charge < -0.3 is 10.6 Å². The highest BCUT2D eigenvalue weighted by Crippen LogP contribution is 2.26. The average molecular weight is 292 g/mol. The second-order valence-corrected chi connectivity index (χ2v) is 5.89. The zero-order valence-corrected chi connectivity index (χ0v) is 11.4. The fourth-order valence-electron chi connectivity index (χ4n) is 2.24. The lowest BCUT2D eigenvalue weighted by Crippen LogP contribution is -2.47. The third-order valence-electron chi connectivity index (χ3n) is 3.30. The molecule has 6 heteroatoms. The van der Waals surface area contributed by atoms with Gasteiger partial charge in [0, 0.05) is 23.7 Å². The number of piperidine rings is 1. The first-order valence-corrected chi connectivity index (χ1v) is 7.20. The van der Waals surface area contributed by atoms with Crippen molar-refractivity contribution in [1.29, 1.82) is 0 Å². The van der Waals surface area contributed by atoms with Crippen LogP contribution in [0.3, 0.4) is 0 Å². The molecule has 1 unspecified atom stereocenters. The summed E-state index contributed by atoms with van der Waals surface area (Å²) in [5, 5.41) is 6.35. The maximum Gasteiger partial charge on any atom is 0.261 e. The number of fused-ring (bicyclic) bond motifs is 1. The van der Waals surface area contributed by atoms with Crippen LogP contribution in [-0.4, -0.2) is 24.4 Å². The fourth-order valence-corrected chi connectivity index (χ4v) is 3.18. The van der Waals surface area contributed by atoms with E-state index in [2.05, 4.69) is 10.6 Å². The zero-order valence-electron chi connectivity index (χ0n) is 10.6. The second-order valence-electron chi connectivity index (χ2n) is 4.81. The molecule has 0 spiro atoms. The van der Waals surface area contributed by atoms with E-state index in [4.69, 9.17) is 0 Å². The summed E-state index contributed by atoms with van der Waals surface area (Å²) in [6, 6.07) is 6.13. The van der Waals surface area contributed by atoms with E-state index in [1.165, 1.54) is 23.5 Å². The van der Waals surface area contributed by atoms with Gasteiger partial charge in [0.05, 0.1) is 4.88 Å². The van der Waals surface area contributed by atoms with Crippen molar-refractivity contribution in [1.82, 2.24) is 10.6 Å². The molecule has 0 saturated carbocycles. The highest BCUT2D eigenvalue weighted by molar-refractivity contribution is 7.20. The molecule has 1 atom stereocenters. The Bertz CT molecular complexity index is 673. The van der Waals surface area contributed by atoms with Crippen LogP contribution in [0.1, 0.15) is 22.5 Å². The van der Waals surface area contributed by atoms with E-state index in [0.717, 1.165) is 10.1 Å². The number of hydrogen-bond donors (Lipinski definition) is 2. The number of nitrogens with one attached hydrogen (secondary N) is 2. The molecule has 2 aromatic rings. The first kappa shape index (κ1) is 13.1. The molecule has 1 aromatic heterocycles. The topological polar surface area (TPSA) is 58.2 Å². The number of amides is 2. The molecule has 4 nitrogen and oxygen atoms in total. The molecule has 104 valence electrons. The molecule has 3 rings (SSSR count). The maximum atomic E-state index is 13.1. The molecule has 1 aromatic carbocycles. The highest BCUT2D eigenvalue weighted by Gasteiger charge is 2.21. The van der Waals surface area contributed by atoms with Gasteiger partial charge in [0.2, 0.25) is 5.91 Å². The van der Waals surface area contributed by atoms with Crippen LogP contribution >= 0.6 is 11.3 Å². The monoisotopic (exact) mass is 292 g/mol. The Kier molecular flexibility index (Phi) is 3.40. The van der Waals surface area contributed by atoms with Gasteiger partial charge in [-0.15, -0.1) is 11.3 Å². The van der Waals surface area contributed by atoms with Crippen molar-refractivity contribution in [3.63, 3.8) is 0 Å². The number of rotatable bonds is 2. The Morgan fingerprint density at radius 3 is 3.00 bits per heavy atom. The molecule has 20 heavy (non-hydrogen) atoms. The molecule has 1 fully saturated rings. The number of thiophene rings is 1. The summed E-state index contributed by atoms with van der Waals surface area (Å²) in [5.74, 6) is -0.460. The van der Waals surface area contributed by atoms with Crippen LogP contribution in [0.4, 0.5) is 4.39 Å². The number of benzene rings is 1. The fraction of sp³-hybridized carbons (Fsp3) is 0.286. The van der Waals surface area contributed by atoms with Crippen LogP contribution in [0.25, 0.3) is 10.1 Å². The molecule has 0 bridgehead atoms. The Balaban J connectivity index is 1.73. The standard InChI is InChI=1S/C14H13FN2O2S/c15-9-1-3-11-8(5-9)6-12(20-11)14(19)17-10-2-4-13(18)16-7-10/h1,3,5-6,10H,2,4,7H2,(H,16,18)(H,17,19). The van der Waals surface area contributed by atoms with Gasteiger partial charge in [-0.1, -0.05) is 0 Å². The van der Waals surface area contributed by atoms with Gasteiger partial charge in [0.1, 0.15) is 5.82 Å². The van der Waals surface area contributed by atoms with Crippen LogP contribution in [0.2, 0.25) is 0 Å². The van der Waals surface area contributed by atoms with Gasteiger partial charge in [0.25, 0.3) is 5.91 Å². The first-order valence-electron chi connectivity index (χ1n) is 6.38. The lowest BCUT2D eigenvalue weighted by atomic mass is 10.1. The number of carbonyl (C=O) groups is 2. The molecule has 1 aliphatic heterocycles. The molecule has 0 radical (unpaired) electrons. The number of hydrogen-bond acceptors (Lipinski definition) is 3. The minimum atomic E-state index is -0.308. The van der Waals surface area contributed by atoms with E-state index in [0.29, 0.717) is 24.3 Å². The van der Waals surface area contributed by atoms with Crippen molar-refractivity contribution in [2.45, 2.75) is 18.9 Å². The van der Waals surface area contributed by atoms with E-state index >= 15 is 0 Å². The van der Waals surface area contributed by atoms with Crippen molar-refractivity contribution in [2.24, 2.45) is 0 Å². The van der Waals surface area contributed by atoms with E-state index in [-0.39, 0.29) is 23.7 Å². The van der Waals surface area contributed by atoms with Crippen molar-refractivity contribution in [3.8, 4) is 0 Å². The van der Waals surface area contributed by atoms with Gasteiger partial charge >= 0.3 is 0 Å². The summed E-state index contributed by atoms with van der Waals surface area (Å²) in [6.45, 7) is 0.462. The summed E-state index contributed by atoms with van der Waals surface area (Å²) >= 11 is 1.34. The molecule has 1 aliphatic rings. The van der Waals surface area contributed by atoms with Crippen molar-refractivity contribution in [2.75, 3.05) is 6.54 Å². The van der Waals surface area contributed by atoms with Gasteiger partial charge in [-0.3, -0.25) is 9.59 Å². The van der Waals surface area contributed by atoms with Gasteiger partial charge in [0.15, 0.2) is 0 Å². The third kappa shape index (κ3) is 2.65. The van der Waals surface area contributed by atoms with E-state index < -0.39 is 0 Å². The van der Waals surface area contributed by atoms with Gasteiger partial charge in [-0.25, -0.2) is 4.39 Å². The Morgan fingerprint density at radius 2 is 2.25 bits per heavy atom. The van der Waals surface area contributed by atoms with Crippen LogP contribution < -0.4 is 10.6 Å². The lowest BCUT2D eigenvalue weighted by Gasteiger charge is -2.23. The minimum Gasteiger partial charge on any atom is -0.354 e. The predicted molar refractivity (Wildman–Crippen MR) is 75.3 cm³/mol. The summed E-state index contributed by atoms with van der Waals surface area (Å²) in [6.07, 6.45) is 1.08. The quantitative estimate of drug-likeness (QED) is 0.890. The summed E-state index contributed by atoms with van der Waals surface area (Å²) < 4.78 is 14.0. The third-order valence-corrected chi connectivity index (χ3v) is 4.42. The average Bonchev–Trinajstić information content (AvgIpc) is 2.84. The largest absolute Gasteiger partial charge is 0.354 e. The van der Waals surface area contributed by atoms with E-state index in [1.807, 2.05) is 0 Å². The number of halogens is 1. The van der Waals surface area contributed by atoms with Crippen molar-refractivity contribution < 1.29 is 14.0 Å². The first-order chi connectivity index (χ1) is 9.61. The molecule has 1 saturated heterocycles. The zero-order chi connectivity index (χ0) is 14.1. The molecular formula is C14H13FN2O2S. The second kappa shape index (κ2) is 5.20. The Morgan fingerprint density at radius 1 is 1.40 bits per heavy atom. The van der Waals surface area contributed by atoms with Gasteiger partial charge in [-0.2, -0.15) is 0 Å². The Labute approximate surface area is 119 Å². The summed E-state index contributed by atoms with van der Waals surface area (Å²) in [7, 11) is 0. The van der Waals surface area contributed by atoms with E-state index in [1.54, 1.807) is 12.1 Å². The molecule has 2 amide bonds. The van der Waals surface area contributed by atoms with Gasteiger partial charge in [-0.05, 0) is 36.1 Å². The van der Waals surface area contributed by atoms with Crippen LogP contribution in [0.5, 0.6) is 0 Å². The molecule has 0 aliphatic carbocycles. The maximum absolute atomic E-state index is 13.1. The molecule has 2 heterocycles. The van der Waals surface area contributed by atoms with Crippen molar-refractivity contribution >= 4 is 33.2 Å². The molecule has 2 N–H and O–H groups in total. The summed E-state index contributed by atoms with van der Waals surface area (Å²) in [5.41, 5.74) is 0. The summed E-state index contributed by atoms with van der Waals surface area (Å²) in [4.78, 5) is 23.8. The predicted octanol–water partition coefficient (Wildman–Crippen LogP) is 2.05. The van der Waals surface area contributed by atoms with Crippen LogP contribution in [0, 0.1) is 5.82 Å². The molecular weight excluding hydrogens is 279 g/mol. The smallest absolute Gasteiger partial charge is 0.261 e. The lowest BCUT2D eigenvalue weighted by molar-refractivity contribution is -0.122.